The zero-order valence-electron chi connectivity index (χ0n) is 22.7. The molecule has 0 bridgehead atoms. The summed E-state index contributed by atoms with van der Waals surface area (Å²) >= 11 is 0. The number of aliphatic hydroxyl groups excluding tert-OH is 1. The van der Waals surface area contributed by atoms with Crippen LogP contribution in [0.3, 0.4) is 0 Å². The van der Waals surface area contributed by atoms with Gasteiger partial charge in [0.15, 0.2) is 0 Å². The molecule has 2 atom stereocenters. The van der Waals surface area contributed by atoms with E-state index in [4.69, 9.17) is 0 Å². The fraction of sp³-hybridized carbons (Fsp3) is 0.452. The fourth-order valence-corrected chi connectivity index (χ4v) is 8.55. The Morgan fingerprint density at radius 3 is 2.48 bits per heavy atom. The predicted molar refractivity (Wildman–Crippen MR) is 155 cm³/mol. The standard InChI is InChI=1S/C31H38N4O4S/c36-27-7-3-5-23(19-27)22-34-15-17-35(18-16-34)30(37)24-8-10-26(11-9-24)33-40(38,39)28-21-31(12-1-2-13-31)20-25-6-4-14-32-29(25)28/h3-11,14,19,28,30,33,36-37H,1-2,12-13,15-18,20-22H2. The van der Waals surface area contributed by atoms with E-state index in [1.807, 2.05) is 29.2 Å². The van der Waals surface area contributed by atoms with Gasteiger partial charge in [-0.15, -0.1) is 0 Å². The van der Waals surface area contributed by atoms with Gasteiger partial charge in [-0.05, 0) is 78.1 Å². The second-order valence-corrected chi connectivity index (χ2v) is 13.6. The molecule has 8 nitrogen and oxygen atoms in total. The predicted octanol–water partition coefficient (Wildman–Crippen LogP) is 4.59. The van der Waals surface area contributed by atoms with Crippen LogP contribution in [0.5, 0.6) is 5.75 Å². The Labute approximate surface area is 236 Å². The number of piperazine rings is 1. The fourth-order valence-electron chi connectivity index (χ4n) is 6.87. The van der Waals surface area contributed by atoms with Crippen molar-refractivity contribution < 1.29 is 18.6 Å². The van der Waals surface area contributed by atoms with Crippen molar-refractivity contribution in [2.24, 2.45) is 5.41 Å². The maximum absolute atomic E-state index is 13.7. The Balaban J connectivity index is 1.09. The number of hydrogen-bond donors (Lipinski definition) is 3. The van der Waals surface area contributed by atoms with Gasteiger partial charge in [0.2, 0.25) is 10.0 Å². The molecule has 2 heterocycles. The minimum atomic E-state index is -3.71. The number of fused-ring (bicyclic) bond motifs is 1. The molecule has 1 aliphatic heterocycles. The summed E-state index contributed by atoms with van der Waals surface area (Å²) in [6.45, 7) is 3.80. The second-order valence-electron chi connectivity index (χ2n) is 11.7. The number of pyridine rings is 1. The number of nitrogens with one attached hydrogen (secondary N) is 1. The van der Waals surface area contributed by atoms with Gasteiger partial charge in [0.05, 0.1) is 5.69 Å². The summed E-state index contributed by atoms with van der Waals surface area (Å²) in [4.78, 5) is 8.85. The van der Waals surface area contributed by atoms with Gasteiger partial charge < -0.3 is 10.2 Å². The molecular formula is C31H38N4O4S. The first kappa shape index (κ1) is 27.2. The quantitative estimate of drug-likeness (QED) is 0.387. The number of aromatic nitrogens is 1. The van der Waals surface area contributed by atoms with E-state index in [9.17, 15) is 18.6 Å². The molecule has 3 aliphatic rings. The summed E-state index contributed by atoms with van der Waals surface area (Å²) in [5.74, 6) is 0.273. The van der Waals surface area contributed by atoms with E-state index in [2.05, 4.69) is 14.6 Å². The first-order valence-electron chi connectivity index (χ1n) is 14.3. The molecule has 3 N–H and O–H groups in total. The number of benzene rings is 2. The topological polar surface area (TPSA) is 106 Å². The van der Waals surface area contributed by atoms with Crippen molar-refractivity contribution >= 4 is 15.7 Å². The number of aliphatic hydroxyl groups is 1. The van der Waals surface area contributed by atoms with Gasteiger partial charge in [-0.1, -0.05) is 43.2 Å². The summed E-state index contributed by atoms with van der Waals surface area (Å²) in [5.41, 5.74) is 4.10. The van der Waals surface area contributed by atoms with Crippen LogP contribution in [0, 0.1) is 5.41 Å². The first-order chi connectivity index (χ1) is 19.3. The van der Waals surface area contributed by atoms with E-state index < -0.39 is 21.5 Å². The molecule has 1 aromatic heterocycles. The van der Waals surface area contributed by atoms with Gasteiger partial charge >= 0.3 is 0 Å². The van der Waals surface area contributed by atoms with E-state index in [0.29, 0.717) is 30.9 Å². The third-order valence-corrected chi connectivity index (χ3v) is 10.7. The van der Waals surface area contributed by atoms with Crippen LogP contribution in [-0.2, 0) is 23.0 Å². The second kappa shape index (κ2) is 11.1. The molecule has 0 radical (unpaired) electrons. The normalized spacial score (nSPS) is 22.2. The van der Waals surface area contributed by atoms with Crippen LogP contribution in [0.2, 0.25) is 0 Å². The number of aromatic hydroxyl groups is 1. The summed E-state index contributed by atoms with van der Waals surface area (Å²) in [7, 11) is -3.71. The van der Waals surface area contributed by atoms with Gasteiger partial charge in [-0.3, -0.25) is 19.5 Å². The molecule has 1 saturated carbocycles. The van der Waals surface area contributed by atoms with E-state index in [1.165, 1.54) is 0 Å². The lowest BCUT2D eigenvalue weighted by Crippen LogP contribution is -2.47. The summed E-state index contributed by atoms with van der Waals surface area (Å²) in [5, 5.41) is 20.1. The minimum Gasteiger partial charge on any atom is -0.508 e. The van der Waals surface area contributed by atoms with E-state index in [-0.39, 0.29) is 11.2 Å². The smallest absolute Gasteiger partial charge is 0.241 e. The summed E-state index contributed by atoms with van der Waals surface area (Å²) < 4.78 is 30.2. The molecular weight excluding hydrogens is 524 g/mol. The van der Waals surface area contributed by atoms with Gasteiger partial charge in [-0.2, -0.15) is 0 Å². The third-order valence-electron chi connectivity index (χ3n) is 8.99. The van der Waals surface area contributed by atoms with Crippen LogP contribution in [0.1, 0.15) is 66.0 Å². The summed E-state index contributed by atoms with van der Waals surface area (Å²) in [6.07, 6.45) is 6.92. The Kier molecular flexibility index (Phi) is 7.56. The molecule has 2 unspecified atom stereocenters. The minimum absolute atomic E-state index is 0.0519. The van der Waals surface area contributed by atoms with Crippen LogP contribution in [0.4, 0.5) is 5.69 Å². The number of phenolic OH excluding ortho intramolecular Hbond substituents is 1. The van der Waals surface area contributed by atoms with Crippen LogP contribution in [0.15, 0.2) is 66.9 Å². The lowest BCUT2D eigenvalue weighted by Gasteiger charge is -2.38. The highest BCUT2D eigenvalue weighted by Gasteiger charge is 2.46. The molecule has 6 rings (SSSR count). The summed E-state index contributed by atoms with van der Waals surface area (Å²) in [6, 6.07) is 18.3. The lowest BCUT2D eigenvalue weighted by atomic mass is 9.71. The van der Waals surface area contributed by atoms with E-state index >= 15 is 0 Å². The number of rotatable bonds is 7. The molecule has 212 valence electrons. The molecule has 40 heavy (non-hydrogen) atoms. The molecule has 1 saturated heterocycles. The van der Waals surface area contributed by atoms with Gasteiger partial charge in [-0.25, -0.2) is 8.42 Å². The highest BCUT2D eigenvalue weighted by atomic mass is 32.2. The van der Waals surface area contributed by atoms with E-state index in [1.54, 1.807) is 42.6 Å². The van der Waals surface area contributed by atoms with Gasteiger partial charge in [0, 0.05) is 44.6 Å². The van der Waals surface area contributed by atoms with Crippen LogP contribution in [0.25, 0.3) is 0 Å². The number of sulfonamides is 1. The number of nitrogens with zero attached hydrogens (tertiary/aromatic N) is 3. The monoisotopic (exact) mass is 562 g/mol. The van der Waals surface area contributed by atoms with Crippen molar-refractivity contribution in [2.75, 3.05) is 30.9 Å². The maximum atomic E-state index is 13.7. The zero-order chi connectivity index (χ0) is 27.7. The SMILES string of the molecule is O=S(=O)(Nc1ccc(C(O)N2CCN(Cc3cccc(O)c3)CC2)cc1)C1CC2(CCCC2)Cc2cccnc21. The number of hydrogen-bond acceptors (Lipinski definition) is 7. The van der Waals surface area contributed by atoms with Crippen molar-refractivity contribution in [3.63, 3.8) is 0 Å². The molecule has 9 heteroatoms. The average molecular weight is 563 g/mol. The molecule has 1 spiro atoms. The molecule has 3 aromatic rings. The first-order valence-corrected chi connectivity index (χ1v) is 15.8. The van der Waals surface area contributed by atoms with Crippen molar-refractivity contribution in [1.82, 2.24) is 14.8 Å². The third kappa shape index (κ3) is 5.74. The van der Waals surface area contributed by atoms with Crippen molar-refractivity contribution in [1.29, 1.82) is 0 Å². The molecule has 2 aromatic carbocycles. The van der Waals surface area contributed by atoms with Crippen molar-refractivity contribution in [3.8, 4) is 5.75 Å². The highest BCUT2D eigenvalue weighted by Crippen LogP contribution is 2.52. The van der Waals surface area contributed by atoms with Crippen LogP contribution < -0.4 is 4.72 Å². The largest absolute Gasteiger partial charge is 0.508 e. The Morgan fingerprint density at radius 1 is 1.00 bits per heavy atom. The maximum Gasteiger partial charge on any atom is 0.241 e. The van der Waals surface area contributed by atoms with Crippen molar-refractivity contribution in [2.45, 2.75) is 56.5 Å². The zero-order valence-corrected chi connectivity index (χ0v) is 23.6. The highest BCUT2D eigenvalue weighted by molar-refractivity contribution is 7.92. The number of phenols is 1. The molecule has 2 aliphatic carbocycles. The molecule has 2 fully saturated rings. The average Bonchev–Trinajstić information content (AvgIpc) is 3.40. The van der Waals surface area contributed by atoms with Crippen molar-refractivity contribution in [3.05, 3.63) is 89.2 Å². The Hall–Kier alpha value is -2.98. The van der Waals surface area contributed by atoms with E-state index in [0.717, 1.165) is 68.4 Å². The van der Waals surface area contributed by atoms with Crippen LogP contribution in [-0.4, -0.2) is 59.6 Å². The lowest BCUT2D eigenvalue weighted by molar-refractivity contribution is -0.0285. The van der Waals surface area contributed by atoms with Gasteiger partial charge in [0.1, 0.15) is 17.2 Å². The van der Waals surface area contributed by atoms with Crippen LogP contribution >= 0.6 is 0 Å². The molecule has 0 amide bonds. The van der Waals surface area contributed by atoms with Gasteiger partial charge in [0.25, 0.3) is 0 Å². The Bertz CT molecular complexity index is 1430. The Morgan fingerprint density at radius 2 is 1.75 bits per heavy atom. The number of anilines is 1.